The maximum absolute atomic E-state index is 14.1. The normalized spacial score (nSPS) is 26.3. The molecule has 1 heterocycles. The third-order valence-electron chi connectivity index (χ3n) is 3.64. The molecule has 148 valence electrons. The first-order valence-electron chi connectivity index (χ1n) is 6.27. The number of hydrogen-bond acceptors (Lipinski definition) is 1. The summed E-state index contributed by atoms with van der Waals surface area (Å²) in [6.07, 6.45) is -23.1. The van der Waals surface area contributed by atoms with Gasteiger partial charge < -0.3 is 0 Å². The molecule has 0 bridgehead atoms. The molecule has 1 aliphatic rings. The van der Waals surface area contributed by atoms with Gasteiger partial charge >= 0.3 is 30.4 Å². The van der Waals surface area contributed by atoms with Crippen molar-refractivity contribution >= 4 is 0 Å². The zero-order valence-corrected chi connectivity index (χ0v) is 11.6. The van der Waals surface area contributed by atoms with Crippen LogP contribution in [0.1, 0.15) is 6.42 Å². The molecule has 0 spiro atoms. The Morgan fingerprint density at radius 3 is 1.28 bits per heavy atom. The monoisotopic (exact) mass is 401 g/mol. The molecule has 1 aliphatic heterocycles. The van der Waals surface area contributed by atoms with E-state index in [1.165, 1.54) is 0 Å². The van der Waals surface area contributed by atoms with Crippen molar-refractivity contribution < 1.29 is 57.1 Å². The summed E-state index contributed by atoms with van der Waals surface area (Å²) in [6, 6.07) is 0. The van der Waals surface area contributed by atoms with Gasteiger partial charge in [0.25, 0.3) is 0 Å². The number of hydrogen-bond donors (Lipinski definition) is 0. The van der Waals surface area contributed by atoms with Crippen LogP contribution in [0.3, 0.4) is 0 Å². The quantitative estimate of drug-likeness (QED) is 0.445. The molecule has 1 saturated heterocycles. The predicted molar refractivity (Wildman–Crippen MR) is 55.5 cm³/mol. The molecule has 0 saturated carbocycles. The van der Waals surface area contributed by atoms with Crippen molar-refractivity contribution in [3.05, 3.63) is 11.9 Å². The van der Waals surface area contributed by atoms with Gasteiger partial charge in [-0.2, -0.15) is 48.3 Å². The van der Waals surface area contributed by atoms with Gasteiger partial charge in [-0.25, -0.2) is 8.78 Å². The number of alkyl halides is 10. The van der Waals surface area contributed by atoms with E-state index in [1.807, 2.05) is 0 Å². The lowest BCUT2D eigenvalue weighted by Crippen LogP contribution is -2.63. The maximum Gasteiger partial charge on any atom is 0.443 e. The summed E-state index contributed by atoms with van der Waals surface area (Å²) in [7, 11) is 0. The van der Waals surface area contributed by atoms with Crippen LogP contribution in [-0.2, 0) is 0 Å². The lowest BCUT2D eigenvalue weighted by molar-refractivity contribution is -0.303. The highest BCUT2D eigenvalue weighted by Crippen LogP contribution is 2.50. The lowest BCUT2D eigenvalue weighted by Gasteiger charge is -2.45. The van der Waals surface area contributed by atoms with Gasteiger partial charge in [-0.1, -0.05) is 0 Å². The van der Waals surface area contributed by atoms with Gasteiger partial charge in [0.05, 0.1) is 11.8 Å². The smallest absolute Gasteiger partial charge is 0.256 e. The molecule has 25 heavy (non-hydrogen) atoms. The molecule has 1 nitrogen and oxygen atoms in total. The fourth-order valence-electron chi connectivity index (χ4n) is 2.39. The van der Waals surface area contributed by atoms with Crippen LogP contribution in [0.15, 0.2) is 11.9 Å². The van der Waals surface area contributed by atoms with E-state index in [-0.39, 0.29) is 0 Å². The van der Waals surface area contributed by atoms with Gasteiger partial charge in [0.15, 0.2) is 0 Å². The first-order valence-corrected chi connectivity index (χ1v) is 6.27. The number of nitrogens with zero attached hydrogens (tertiary/aromatic N) is 1. The summed E-state index contributed by atoms with van der Waals surface area (Å²) in [5, 5.41) is 0. The number of rotatable bonds is 2. The van der Waals surface area contributed by atoms with Crippen molar-refractivity contribution in [3.8, 4) is 0 Å². The zero-order chi connectivity index (χ0) is 20.0. The largest absolute Gasteiger partial charge is 0.443 e. The van der Waals surface area contributed by atoms with Gasteiger partial charge in [-0.15, -0.1) is 0 Å². The summed E-state index contributed by atoms with van der Waals surface area (Å²) in [4.78, 5) is -1.23. The minimum absolute atomic E-state index is 1.23. The van der Waals surface area contributed by atoms with E-state index in [4.69, 9.17) is 0 Å². The van der Waals surface area contributed by atoms with E-state index in [0.717, 1.165) is 0 Å². The van der Waals surface area contributed by atoms with Crippen LogP contribution in [0, 0.1) is 11.8 Å². The van der Waals surface area contributed by atoms with Crippen LogP contribution in [0.2, 0.25) is 0 Å². The van der Waals surface area contributed by atoms with Gasteiger partial charge in [0, 0.05) is 13.1 Å². The Labute approximate surface area is 131 Å². The van der Waals surface area contributed by atoms with Crippen molar-refractivity contribution in [2.45, 2.75) is 30.7 Å². The number of halogens is 13. The molecule has 1 rings (SSSR count). The second kappa shape index (κ2) is 6.50. The summed E-state index contributed by atoms with van der Waals surface area (Å²) >= 11 is 0. The van der Waals surface area contributed by atoms with Gasteiger partial charge in [0.1, 0.15) is 0 Å². The molecule has 0 amide bonds. The van der Waals surface area contributed by atoms with Crippen LogP contribution in [0.5, 0.6) is 0 Å². The van der Waals surface area contributed by atoms with Crippen LogP contribution >= 0.6 is 0 Å². The molecule has 0 aromatic heterocycles. The Bertz CT molecular complexity index is 490. The first kappa shape index (κ1) is 21.8. The van der Waals surface area contributed by atoms with Crippen molar-refractivity contribution in [2.24, 2.45) is 11.8 Å². The van der Waals surface area contributed by atoms with Gasteiger partial charge in [0.2, 0.25) is 5.83 Å². The van der Waals surface area contributed by atoms with E-state index in [0.29, 0.717) is 0 Å². The third-order valence-corrected chi connectivity index (χ3v) is 3.64. The molecule has 0 radical (unpaired) electrons. The highest BCUT2D eigenvalue weighted by atomic mass is 19.4. The number of piperidine rings is 1. The second-order valence-electron chi connectivity index (χ2n) is 5.31. The van der Waals surface area contributed by atoms with Gasteiger partial charge in [-0.3, -0.25) is 4.90 Å². The van der Waals surface area contributed by atoms with Crippen molar-refractivity contribution in [3.63, 3.8) is 0 Å². The summed E-state index contributed by atoms with van der Waals surface area (Å²) in [5.41, 5.74) is 0. The maximum atomic E-state index is 14.1. The molecular formula is C11H8F13N. The lowest BCUT2D eigenvalue weighted by atomic mass is 9.86. The Hall–Kier alpha value is -1.21. The molecule has 3 atom stereocenters. The Kier molecular flexibility index (Phi) is 5.68. The fraction of sp³-hybridized carbons (Fsp3) is 0.818. The fourth-order valence-corrected chi connectivity index (χ4v) is 2.39. The topological polar surface area (TPSA) is 3.24 Å². The van der Waals surface area contributed by atoms with Crippen molar-refractivity contribution in [2.75, 3.05) is 13.1 Å². The van der Waals surface area contributed by atoms with E-state index in [1.54, 1.807) is 0 Å². The SMILES string of the molecule is FC(F)=C(F)C(F)(N1CC(C(F)(F)F)CC(C(F)(F)F)C1)C(F)(F)F. The van der Waals surface area contributed by atoms with E-state index in [2.05, 4.69) is 0 Å². The third kappa shape index (κ3) is 4.31. The Morgan fingerprint density at radius 2 is 1.04 bits per heavy atom. The molecule has 14 heteroatoms. The standard InChI is InChI=1S/C11H8F13N/c12-6(7(13)14)8(15,11(22,23)24)25-2-4(9(16,17)18)1-5(3-25)10(19,20)21/h4-5H,1-3H2. The Morgan fingerprint density at radius 1 is 0.680 bits per heavy atom. The summed E-state index contributed by atoms with van der Waals surface area (Å²) in [6.45, 7) is -4.15. The van der Waals surface area contributed by atoms with Crippen LogP contribution in [0.4, 0.5) is 57.1 Å². The highest BCUT2D eigenvalue weighted by Gasteiger charge is 2.68. The number of likely N-dealkylation sites (tertiary alicyclic amines) is 1. The van der Waals surface area contributed by atoms with E-state index in [9.17, 15) is 57.1 Å². The van der Waals surface area contributed by atoms with Gasteiger partial charge in [-0.05, 0) is 6.42 Å². The average Bonchev–Trinajstić information content (AvgIpc) is 2.41. The first-order chi connectivity index (χ1) is 10.9. The van der Waals surface area contributed by atoms with Crippen LogP contribution in [0.25, 0.3) is 0 Å². The van der Waals surface area contributed by atoms with Crippen LogP contribution < -0.4 is 0 Å². The molecular weight excluding hydrogens is 393 g/mol. The minimum atomic E-state index is -6.55. The van der Waals surface area contributed by atoms with Crippen molar-refractivity contribution in [1.29, 1.82) is 0 Å². The second-order valence-corrected chi connectivity index (χ2v) is 5.31. The zero-order valence-electron chi connectivity index (χ0n) is 11.6. The molecule has 0 aliphatic carbocycles. The predicted octanol–water partition coefficient (Wildman–Crippen LogP) is 5.35. The molecule has 0 N–H and O–H groups in total. The average molecular weight is 401 g/mol. The van der Waals surface area contributed by atoms with Crippen molar-refractivity contribution in [1.82, 2.24) is 4.90 Å². The molecule has 1 fully saturated rings. The molecule has 3 unspecified atom stereocenters. The van der Waals surface area contributed by atoms with E-state index >= 15 is 0 Å². The molecule has 0 aromatic carbocycles. The summed E-state index contributed by atoms with van der Waals surface area (Å²) in [5.74, 6) is -15.9. The highest BCUT2D eigenvalue weighted by molar-refractivity contribution is 5.15. The minimum Gasteiger partial charge on any atom is -0.256 e. The molecule has 0 aromatic rings. The Balaban J connectivity index is 3.45. The van der Waals surface area contributed by atoms with E-state index < -0.39 is 72.5 Å². The summed E-state index contributed by atoms with van der Waals surface area (Å²) < 4.78 is 166. The van der Waals surface area contributed by atoms with Crippen LogP contribution in [-0.4, -0.2) is 42.3 Å².